The maximum atomic E-state index is 5.92. The number of benzene rings is 1. The van der Waals surface area contributed by atoms with E-state index in [0.29, 0.717) is 18.6 Å². The number of nitrogen functional groups attached to an aromatic ring is 1. The molecule has 0 aliphatic heterocycles. The van der Waals surface area contributed by atoms with E-state index in [4.69, 9.17) is 15.6 Å². The SMILES string of the molecule is CC(C)COc1ccc(-c2nn3c(NC4CCCC4)nccc3c2-c2ccnc(N)n2)cc1. The van der Waals surface area contributed by atoms with Gasteiger partial charge in [0.15, 0.2) is 0 Å². The first-order valence-corrected chi connectivity index (χ1v) is 11.5. The van der Waals surface area contributed by atoms with Crippen LogP contribution in [0.4, 0.5) is 11.9 Å². The first-order chi connectivity index (χ1) is 16.1. The summed E-state index contributed by atoms with van der Waals surface area (Å²) < 4.78 is 7.74. The molecule has 5 rings (SSSR count). The van der Waals surface area contributed by atoms with Crippen molar-refractivity contribution < 1.29 is 4.74 Å². The highest BCUT2D eigenvalue weighted by atomic mass is 16.5. The van der Waals surface area contributed by atoms with Gasteiger partial charge >= 0.3 is 0 Å². The molecule has 0 radical (unpaired) electrons. The molecule has 3 aromatic heterocycles. The van der Waals surface area contributed by atoms with E-state index in [1.54, 1.807) is 6.20 Å². The second-order valence-corrected chi connectivity index (χ2v) is 8.94. The van der Waals surface area contributed by atoms with Gasteiger partial charge in [-0.25, -0.2) is 15.0 Å². The van der Waals surface area contributed by atoms with Crippen molar-refractivity contribution >= 4 is 17.4 Å². The number of ether oxygens (including phenoxy) is 1. The van der Waals surface area contributed by atoms with Crippen LogP contribution < -0.4 is 15.8 Å². The maximum absolute atomic E-state index is 5.92. The highest BCUT2D eigenvalue weighted by Gasteiger charge is 2.22. The second kappa shape index (κ2) is 9.05. The zero-order valence-corrected chi connectivity index (χ0v) is 19.0. The van der Waals surface area contributed by atoms with E-state index in [1.165, 1.54) is 12.8 Å². The fourth-order valence-electron chi connectivity index (χ4n) is 4.27. The molecule has 3 heterocycles. The molecule has 33 heavy (non-hydrogen) atoms. The summed E-state index contributed by atoms with van der Waals surface area (Å²) in [6.45, 7) is 4.95. The summed E-state index contributed by atoms with van der Waals surface area (Å²) in [6, 6.07) is 12.3. The number of nitrogens with one attached hydrogen (secondary N) is 1. The van der Waals surface area contributed by atoms with Crippen molar-refractivity contribution in [2.75, 3.05) is 17.7 Å². The van der Waals surface area contributed by atoms with Gasteiger partial charge in [-0.15, -0.1) is 0 Å². The average molecular weight is 444 g/mol. The third-order valence-corrected chi connectivity index (χ3v) is 5.88. The third kappa shape index (κ3) is 4.46. The summed E-state index contributed by atoms with van der Waals surface area (Å²) >= 11 is 0. The molecule has 1 fully saturated rings. The Balaban J connectivity index is 1.61. The van der Waals surface area contributed by atoms with Crippen LogP contribution in [0.1, 0.15) is 39.5 Å². The molecule has 170 valence electrons. The van der Waals surface area contributed by atoms with Crippen LogP contribution in [0, 0.1) is 5.92 Å². The van der Waals surface area contributed by atoms with Crippen LogP contribution in [0.2, 0.25) is 0 Å². The molecule has 8 heteroatoms. The summed E-state index contributed by atoms with van der Waals surface area (Å²) in [7, 11) is 0. The van der Waals surface area contributed by atoms with Gasteiger partial charge in [0, 0.05) is 24.0 Å². The van der Waals surface area contributed by atoms with Crippen LogP contribution in [0.25, 0.3) is 28.0 Å². The molecule has 0 bridgehead atoms. The molecule has 3 N–H and O–H groups in total. The van der Waals surface area contributed by atoms with Crippen LogP contribution >= 0.6 is 0 Å². The molecule has 0 spiro atoms. The lowest BCUT2D eigenvalue weighted by atomic mass is 10.0. The third-order valence-electron chi connectivity index (χ3n) is 5.88. The minimum Gasteiger partial charge on any atom is -0.493 e. The largest absolute Gasteiger partial charge is 0.493 e. The van der Waals surface area contributed by atoms with E-state index in [2.05, 4.69) is 34.1 Å². The Labute approximate surface area is 193 Å². The normalized spacial score (nSPS) is 14.3. The van der Waals surface area contributed by atoms with Gasteiger partial charge in [0.05, 0.1) is 23.4 Å². The van der Waals surface area contributed by atoms with Gasteiger partial charge in [0.25, 0.3) is 0 Å². The molecule has 4 aromatic rings. The van der Waals surface area contributed by atoms with Gasteiger partial charge in [0.1, 0.15) is 11.4 Å². The molecule has 0 amide bonds. The van der Waals surface area contributed by atoms with Gasteiger partial charge in [-0.2, -0.15) is 9.61 Å². The van der Waals surface area contributed by atoms with Crippen molar-refractivity contribution in [3.8, 4) is 28.3 Å². The quantitative estimate of drug-likeness (QED) is 0.422. The Morgan fingerprint density at radius 3 is 2.55 bits per heavy atom. The number of rotatable bonds is 7. The molecule has 1 saturated carbocycles. The Morgan fingerprint density at radius 2 is 1.82 bits per heavy atom. The number of anilines is 2. The van der Waals surface area contributed by atoms with Gasteiger partial charge in [-0.1, -0.05) is 26.7 Å². The van der Waals surface area contributed by atoms with E-state index in [0.717, 1.165) is 52.6 Å². The van der Waals surface area contributed by atoms with Crippen LogP contribution in [0.15, 0.2) is 48.8 Å². The molecule has 1 aliphatic carbocycles. The van der Waals surface area contributed by atoms with Crippen molar-refractivity contribution in [3.05, 3.63) is 48.8 Å². The molecular formula is C25H29N7O. The zero-order valence-electron chi connectivity index (χ0n) is 19.0. The van der Waals surface area contributed by atoms with Crippen LogP contribution in [-0.2, 0) is 0 Å². The highest BCUT2D eigenvalue weighted by molar-refractivity contribution is 5.91. The maximum Gasteiger partial charge on any atom is 0.224 e. The van der Waals surface area contributed by atoms with Gasteiger partial charge in [-0.05, 0) is 55.2 Å². The number of aromatic nitrogens is 5. The van der Waals surface area contributed by atoms with Crippen molar-refractivity contribution in [3.63, 3.8) is 0 Å². The van der Waals surface area contributed by atoms with Crippen LogP contribution in [-0.4, -0.2) is 37.2 Å². The number of hydrogen-bond donors (Lipinski definition) is 2. The predicted molar refractivity (Wildman–Crippen MR) is 130 cm³/mol. The second-order valence-electron chi connectivity index (χ2n) is 8.94. The Hall–Kier alpha value is -3.68. The van der Waals surface area contributed by atoms with Crippen molar-refractivity contribution in [2.24, 2.45) is 5.92 Å². The van der Waals surface area contributed by atoms with Gasteiger partial charge < -0.3 is 15.8 Å². The minimum atomic E-state index is 0.230. The average Bonchev–Trinajstić information content (AvgIpc) is 3.46. The minimum absolute atomic E-state index is 0.230. The Morgan fingerprint density at radius 1 is 1.06 bits per heavy atom. The summed E-state index contributed by atoms with van der Waals surface area (Å²) in [5.74, 6) is 2.28. The van der Waals surface area contributed by atoms with Crippen molar-refractivity contribution in [1.29, 1.82) is 0 Å². The number of nitrogens with two attached hydrogens (primary N) is 1. The Bertz CT molecular complexity index is 1240. The lowest BCUT2D eigenvalue weighted by Crippen LogP contribution is -2.18. The molecule has 0 unspecified atom stereocenters. The van der Waals surface area contributed by atoms with Crippen LogP contribution in [0.3, 0.4) is 0 Å². The first-order valence-electron chi connectivity index (χ1n) is 11.5. The smallest absolute Gasteiger partial charge is 0.224 e. The topological polar surface area (TPSA) is 103 Å². The monoisotopic (exact) mass is 443 g/mol. The van der Waals surface area contributed by atoms with Crippen molar-refractivity contribution in [2.45, 2.75) is 45.6 Å². The van der Waals surface area contributed by atoms with E-state index in [9.17, 15) is 0 Å². The fourth-order valence-corrected chi connectivity index (χ4v) is 4.27. The summed E-state index contributed by atoms with van der Waals surface area (Å²) in [6.07, 6.45) is 8.28. The fraction of sp³-hybridized carbons (Fsp3) is 0.360. The Kier molecular flexibility index (Phi) is 5.81. The van der Waals surface area contributed by atoms with E-state index in [1.807, 2.05) is 47.1 Å². The molecule has 0 saturated heterocycles. The molecule has 1 aromatic carbocycles. The lowest BCUT2D eigenvalue weighted by Gasteiger charge is -2.13. The predicted octanol–water partition coefficient (Wildman–Crippen LogP) is 4.82. The van der Waals surface area contributed by atoms with E-state index in [-0.39, 0.29) is 5.95 Å². The first kappa shape index (κ1) is 21.2. The van der Waals surface area contributed by atoms with Crippen molar-refractivity contribution in [1.82, 2.24) is 24.6 Å². The standard InChI is InChI=1S/C25H29N7O/c1-16(2)15-33-19-9-7-17(8-10-19)23-22(20-11-13-27-24(26)30-20)21-12-14-28-25(32(21)31-23)29-18-5-3-4-6-18/h7-14,16,18H,3-6,15H2,1-2H3,(H,28,29)(H2,26,27,30). The zero-order chi connectivity index (χ0) is 22.8. The highest BCUT2D eigenvalue weighted by Crippen LogP contribution is 2.36. The number of nitrogens with zero attached hydrogens (tertiary/aromatic N) is 5. The van der Waals surface area contributed by atoms with E-state index < -0.39 is 0 Å². The summed E-state index contributed by atoms with van der Waals surface area (Å²) in [4.78, 5) is 13.2. The molecule has 0 atom stereocenters. The van der Waals surface area contributed by atoms with Gasteiger partial charge in [-0.3, -0.25) is 0 Å². The van der Waals surface area contributed by atoms with Gasteiger partial charge in [0.2, 0.25) is 11.9 Å². The number of hydrogen-bond acceptors (Lipinski definition) is 7. The number of fused-ring (bicyclic) bond motifs is 1. The summed E-state index contributed by atoms with van der Waals surface area (Å²) in [5, 5.41) is 8.57. The molecular weight excluding hydrogens is 414 g/mol. The van der Waals surface area contributed by atoms with Crippen LogP contribution in [0.5, 0.6) is 5.75 Å². The molecule has 8 nitrogen and oxygen atoms in total. The van der Waals surface area contributed by atoms with E-state index >= 15 is 0 Å². The summed E-state index contributed by atoms with van der Waals surface area (Å²) in [5.41, 5.74) is 10.2. The molecule has 1 aliphatic rings. The lowest BCUT2D eigenvalue weighted by molar-refractivity contribution is 0.271.